The van der Waals surface area contributed by atoms with E-state index in [1.165, 1.54) is 0 Å². The van der Waals surface area contributed by atoms with Crippen molar-refractivity contribution >= 4 is 79.7 Å². The molecule has 0 saturated carbocycles. The summed E-state index contributed by atoms with van der Waals surface area (Å²) in [5, 5.41) is 11.1. The van der Waals surface area contributed by atoms with E-state index in [-0.39, 0.29) is 6.10 Å². The van der Waals surface area contributed by atoms with Gasteiger partial charge in [-0.2, -0.15) is 0 Å². The molecule has 0 amide bonds. The molecule has 2 bridgehead atoms. The number of benzene rings is 1. The Hall–Kier alpha value is 0.310. The second-order valence-corrected chi connectivity index (χ2v) is 8.80. The quantitative estimate of drug-likeness (QED) is 0.288. The maximum Gasteiger partial charge on any atom is 0.339 e. The summed E-state index contributed by atoms with van der Waals surface area (Å²) in [5.74, 6) is -2.25. The highest BCUT2D eigenvalue weighted by molar-refractivity contribution is 14.1. The van der Waals surface area contributed by atoms with Crippen LogP contribution in [-0.2, 0) is 14.3 Å². The Morgan fingerprint density at radius 1 is 1.23 bits per heavy atom. The van der Waals surface area contributed by atoms with E-state index in [0.29, 0.717) is 18.4 Å². The first kappa shape index (κ1) is 17.1. The van der Waals surface area contributed by atoms with Gasteiger partial charge in [0.05, 0.1) is 11.7 Å². The van der Waals surface area contributed by atoms with Crippen molar-refractivity contribution in [3.05, 3.63) is 28.4 Å². The third kappa shape index (κ3) is 3.24. The van der Waals surface area contributed by atoms with E-state index in [9.17, 15) is 14.7 Å². The molecule has 2 aliphatic heterocycles. The average Bonchev–Trinajstić information content (AvgIpc) is 3.02. The number of aliphatic carboxylic acids is 1. The molecule has 0 N–H and O–H groups in total. The Balaban J connectivity index is 1.77. The van der Waals surface area contributed by atoms with E-state index in [0.717, 1.165) is 10.7 Å². The lowest BCUT2D eigenvalue weighted by Crippen LogP contribution is -2.43. The second-order valence-electron chi connectivity index (χ2n) is 5.31. The largest absolute Gasteiger partial charge is 0.550 e. The third-order valence-corrected chi connectivity index (χ3v) is 7.57. The number of hydrogen-bond acceptors (Lipinski definition) is 5. The fourth-order valence-corrected chi connectivity index (χ4v) is 5.31. The van der Waals surface area contributed by atoms with Crippen LogP contribution in [0.2, 0.25) is 0 Å². The van der Waals surface area contributed by atoms with Gasteiger partial charge in [0.25, 0.3) is 0 Å². The topological polar surface area (TPSA) is 75.7 Å². The van der Waals surface area contributed by atoms with E-state index in [2.05, 4.69) is 67.8 Å². The van der Waals surface area contributed by atoms with Gasteiger partial charge in [-0.3, -0.25) is 0 Å². The summed E-state index contributed by atoms with van der Waals surface area (Å²) in [6.07, 6.45) is -0.253. The van der Waals surface area contributed by atoms with Crippen LogP contribution in [0.3, 0.4) is 0 Å². The molecule has 1 aromatic rings. The number of carboxylic acids is 1. The van der Waals surface area contributed by atoms with Crippen molar-refractivity contribution in [2.45, 2.75) is 31.2 Å². The Kier molecular flexibility index (Phi) is 5.20. The van der Waals surface area contributed by atoms with Crippen molar-refractivity contribution < 1.29 is 24.2 Å². The first-order chi connectivity index (χ1) is 10.4. The highest BCUT2D eigenvalue weighted by Crippen LogP contribution is 2.40. The standard InChI is InChI=1S/C14H11I3O5/c15-5-1-7(11(17)9(16)2-5)14(20)22-10-4-6-3-8(13(18)19)12(10)21-6/h1-2,6,8,10,12H,3-4H2,(H,18,19)/p-1. The monoisotopic (exact) mass is 639 g/mol. The molecular weight excluding hydrogens is 629 g/mol. The Labute approximate surface area is 167 Å². The van der Waals surface area contributed by atoms with Crippen LogP contribution in [-0.4, -0.2) is 30.3 Å². The van der Waals surface area contributed by atoms with Crippen molar-refractivity contribution in [3.63, 3.8) is 0 Å². The SMILES string of the molecule is O=C(OC1CC2CC(C(=O)[O-])C1O2)c1cc(I)cc(I)c1I. The number of rotatable bonds is 3. The van der Waals surface area contributed by atoms with Crippen molar-refractivity contribution in [3.8, 4) is 0 Å². The van der Waals surface area contributed by atoms with E-state index in [4.69, 9.17) is 9.47 Å². The van der Waals surface area contributed by atoms with Crippen LogP contribution in [0.15, 0.2) is 12.1 Å². The number of ether oxygens (including phenoxy) is 2. The fraction of sp³-hybridized carbons (Fsp3) is 0.429. The molecule has 22 heavy (non-hydrogen) atoms. The maximum absolute atomic E-state index is 12.4. The molecule has 2 aliphatic rings. The molecule has 118 valence electrons. The predicted molar refractivity (Wildman–Crippen MR) is 100 cm³/mol. The number of fused-ring (bicyclic) bond motifs is 2. The summed E-state index contributed by atoms with van der Waals surface area (Å²) in [4.78, 5) is 23.5. The molecule has 0 aliphatic carbocycles. The maximum atomic E-state index is 12.4. The number of carboxylic acid groups (broad SMARTS) is 1. The molecule has 4 atom stereocenters. The van der Waals surface area contributed by atoms with Gasteiger partial charge in [0.2, 0.25) is 0 Å². The summed E-state index contributed by atoms with van der Waals surface area (Å²) < 4.78 is 13.9. The first-order valence-corrected chi connectivity index (χ1v) is 9.82. The molecular formula is C14H10I3O5-. The van der Waals surface area contributed by atoms with Crippen LogP contribution in [0.25, 0.3) is 0 Å². The molecule has 0 spiro atoms. The van der Waals surface area contributed by atoms with Crippen LogP contribution in [0.4, 0.5) is 0 Å². The number of carbonyl (C=O) groups is 2. The van der Waals surface area contributed by atoms with Gasteiger partial charge in [0.1, 0.15) is 12.2 Å². The van der Waals surface area contributed by atoms with Gasteiger partial charge in [-0.1, -0.05) is 0 Å². The molecule has 2 saturated heterocycles. The summed E-state index contributed by atoms with van der Waals surface area (Å²) in [6.45, 7) is 0. The van der Waals surface area contributed by atoms with E-state index in [1.807, 2.05) is 6.07 Å². The van der Waals surface area contributed by atoms with Crippen LogP contribution < -0.4 is 5.11 Å². The van der Waals surface area contributed by atoms with E-state index >= 15 is 0 Å². The average molecular weight is 639 g/mol. The van der Waals surface area contributed by atoms with Gasteiger partial charge in [-0.05, 0) is 86.3 Å². The number of halogens is 3. The number of esters is 1. The van der Waals surface area contributed by atoms with Crippen LogP contribution in [0, 0.1) is 16.6 Å². The fourth-order valence-electron chi connectivity index (χ4n) is 2.93. The van der Waals surface area contributed by atoms with Crippen LogP contribution >= 0.6 is 67.8 Å². The number of carbonyl (C=O) groups excluding carboxylic acids is 2. The lowest BCUT2D eigenvalue weighted by atomic mass is 9.87. The lowest BCUT2D eigenvalue weighted by Gasteiger charge is -2.27. The van der Waals surface area contributed by atoms with Gasteiger partial charge < -0.3 is 19.4 Å². The highest BCUT2D eigenvalue weighted by Gasteiger charge is 2.50. The molecule has 1 aromatic carbocycles. The summed E-state index contributed by atoms with van der Waals surface area (Å²) in [5.41, 5.74) is 0.504. The summed E-state index contributed by atoms with van der Waals surface area (Å²) >= 11 is 6.44. The molecule has 3 rings (SSSR count). The predicted octanol–water partition coefficient (Wildman–Crippen LogP) is 1.95. The van der Waals surface area contributed by atoms with Crippen LogP contribution in [0.5, 0.6) is 0 Å². The smallest absolute Gasteiger partial charge is 0.339 e. The van der Waals surface area contributed by atoms with Gasteiger partial charge in [-0.25, -0.2) is 4.79 Å². The number of hydrogen-bond donors (Lipinski definition) is 0. The Bertz CT molecular complexity index is 648. The zero-order valence-corrected chi connectivity index (χ0v) is 17.5. The summed E-state index contributed by atoms with van der Waals surface area (Å²) in [6, 6.07) is 3.75. The van der Waals surface area contributed by atoms with Gasteiger partial charge >= 0.3 is 5.97 Å². The Morgan fingerprint density at radius 3 is 2.59 bits per heavy atom. The van der Waals surface area contributed by atoms with Crippen molar-refractivity contribution in [1.82, 2.24) is 0 Å². The molecule has 8 heteroatoms. The minimum atomic E-state index is -1.13. The van der Waals surface area contributed by atoms with Gasteiger partial charge in [0, 0.05) is 29.0 Å². The molecule has 0 aromatic heterocycles. The minimum Gasteiger partial charge on any atom is -0.550 e. The second kappa shape index (κ2) is 6.67. The molecule has 0 radical (unpaired) electrons. The van der Waals surface area contributed by atoms with Crippen molar-refractivity contribution in [2.75, 3.05) is 0 Å². The van der Waals surface area contributed by atoms with Gasteiger partial charge in [-0.15, -0.1) is 0 Å². The molecule has 5 nitrogen and oxygen atoms in total. The van der Waals surface area contributed by atoms with Crippen molar-refractivity contribution in [2.24, 2.45) is 5.92 Å². The molecule has 2 heterocycles. The third-order valence-electron chi connectivity index (χ3n) is 3.90. The first-order valence-electron chi connectivity index (χ1n) is 6.58. The van der Waals surface area contributed by atoms with E-state index < -0.39 is 30.1 Å². The highest BCUT2D eigenvalue weighted by atomic mass is 127. The van der Waals surface area contributed by atoms with Crippen LogP contribution in [0.1, 0.15) is 23.2 Å². The van der Waals surface area contributed by atoms with Gasteiger partial charge in [0.15, 0.2) is 0 Å². The molecule has 2 fully saturated rings. The minimum absolute atomic E-state index is 0.152. The summed E-state index contributed by atoms with van der Waals surface area (Å²) in [7, 11) is 0. The lowest BCUT2D eigenvalue weighted by molar-refractivity contribution is -0.313. The Morgan fingerprint density at radius 2 is 1.95 bits per heavy atom. The zero-order chi connectivity index (χ0) is 16.0. The van der Waals surface area contributed by atoms with E-state index in [1.54, 1.807) is 6.07 Å². The van der Waals surface area contributed by atoms with Crippen molar-refractivity contribution in [1.29, 1.82) is 0 Å². The zero-order valence-electron chi connectivity index (χ0n) is 11.1. The molecule has 4 unspecified atom stereocenters. The normalized spacial score (nSPS) is 29.6.